The lowest BCUT2D eigenvalue weighted by Gasteiger charge is -2.14. The molecule has 108 valence electrons. The first-order valence-electron chi connectivity index (χ1n) is 6.17. The number of hydrogen-bond acceptors (Lipinski definition) is 5. The van der Waals surface area contributed by atoms with Gasteiger partial charge < -0.3 is 15.2 Å². The smallest absolute Gasteiger partial charge is 0.175 e. The Labute approximate surface area is 114 Å². The van der Waals surface area contributed by atoms with Crippen molar-refractivity contribution in [1.82, 2.24) is 5.32 Å². The Morgan fingerprint density at radius 2 is 1.89 bits per heavy atom. The number of nitrogens with one attached hydrogen (secondary N) is 1. The second-order valence-corrected chi connectivity index (χ2v) is 6.37. The first-order chi connectivity index (χ1) is 8.95. The fourth-order valence-electron chi connectivity index (χ4n) is 1.64. The van der Waals surface area contributed by atoms with Gasteiger partial charge in [0.05, 0.1) is 24.7 Å². The summed E-state index contributed by atoms with van der Waals surface area (Å²) in [7, 11) is -3.14. The second-order valence-electron chi connectivity index (χ2n) is 4.35. The van der Waals surface area contributed by atoms with Crippen molar-refractivity contribution >= 4 is 9.84 Å². The fraction of sp³-hybridized carbons (Fsp3) is 0.538. The van der Waals surface area contributed by atoms with Crippen molar-refractivity contribution in [2.45, 2.75) is 17.9 Å². The quantitative estimate of drug-likeness (QED) is 0.690. The van der Waals surface area contributed by atoms with E-state index in [9.17, 15) is 8.42 Å². The average molecular weight is 287 g/mol. The Morgan fingerprint density at radius 3 is 2.42 bits per heavy atom. The number of aliphatic hydroxyl groups excluding tert-OH is 1. The second kappa shape index (κ2) is 7.59. The minimum atomic E-state index is -3.14. The standard InChI is InChI=1S/C13H21NO4S/c1-11(14-7-9-18-10-8-15)12-3-5-13(6-4-12)19(2,16)17/h3-6,11,14-15H,7-10H2,1-2H3. The Morgan fingerprint density at radius 1 is 1.26 bits per heavy atom. The van der Waals surface area contributed by atoms with Gasteiger partial charge in [-0.25, -0.2) is 8.42 Å². The van der Waals surface area contributed by atoms with Crippen LogP contribution in [0.4, 0.5) is 0 Å². The summed E-state index contributed by atoms with van der Waals surface area (Å²) in [6.45, 7) is 3.59. The molecular formula is C13H21NO4S. The highest BCUT2D eigenvalue weighted by Crippen LogP contribution is 2.15. The summed E-state index contributed by atoms with van der Waals surface area (Å²) in [5.41, 5.74) is 1.02. The van der Waals surface area contributed by atoms with E-state index in [0.717, 1.165) is 5.56 Å². The molecule has 0 amide bonds. The molecule has 2 N–H and O–H groups in total. The minimum absolute atomic E-state index is 0.0303. The van der Waals surface area contributed by atoms with Gasteiger partial charge in [-0.05, 0) is 24.6 Å². The highest BCUT2D eigenvalue weighted by molar-refractivity contribution is 7.90. The Balaban J connectivity index is 2.47. The molecule has 1 rings (SSSR count). The third-order valence-corrected chi connectivity index (χ3v) is 3.87. The van der Waals surface area contributed by atoms with Crippen molar-refractivity contribution in [3.05, 3.63) is 29.8 Å². The maximum atomic E-state index is 11.3. The molecule has 19 heavy (non-hydrogen) atoms. The molecule has 0 heterocycles. The third-order valence-electron chi connectivity index (χ3n) is 2.74. The SMILES string of the molecule is CC(NCCOCCO)c1ccc(S(C)(=O)=O)cc1. The topological polar surface area (TPSA) is 75.6 Å². The lowest BCUT2D eigenvalue weighted by molar-refractivity contribution is 0.0928. The zero-order valence-corrected chi connectivity index (χ0v) is 12.1. The number of rotatable bonds is 8. The molecule has 0 aliphatic heterocycles. The first-order valence-corrected chi connectivity index (χ1v) is 8.06. The van der Waals surface area contributed by atoms with E-state index in [1.54, 1.807) is 12.1 Å². The molecular weight excluding hydrogens is 266 g/mol. The van der Waals surface area contributed by atoms with E-state index in [1.807, 2.05) is 19.1 Å². The number of hydrogen-bond donors (Lipinski definition) is 2. The molecule has 1 aromatic rings. The van der Waals surface area contributed by atoms with Crippen LogP contribution >= 0.6 is 0 Å². The normalized spacial score (nSPS) is 13.4. The highest BCUT2D eigenvalue weighted by atomic mass is 32.2. The molecule has 6 heteroatoms. The van der Waals surface area contributed by atoms with E-state index < -0.39 is 9.84 Å². The number of aliphatic hydroxyl groups is 1. The molecule has 0 aromatic heterocycles. The van der Waals surface area contributed by atoms with Crippen LogP contribution in [-0.2, 0) is 14.6 Å². The van der Waals surface area contributed by atoms with Gasteiger partial charge in [0.2, 0.25) is 0 Å². The Kier molecular flexibility index (Phi) is 6.44. The molecule has 0 bridgehead atoms. The molecule has 1 atom stereocenters. The molecule has 5 nitrogen and oxygen atoms in total. The molecule has 0 radical (unpaired) electrons. The summed E-state index contributed by atoms with van der Waals surface area (Å²) in [6, 6.07) is 6.97. The summed E-state index contributed by atoms with van der Waals surface area (Å²) in [4.78, 5) is 0.328. The van der Waals surface area contributed by atoms with Crippen LogP contribution in [0.25, 0.3) is 0 Å². The summed E-state index contributed by atoms with van der Waals surface area (Å²) in [6.07, 6.45) is 1.20. The monoisotopic (exact) mass is 287 g/mol. The number of benzene rings is 1. The van der Waals surface area contributed by atoms with Crippen molar-refractivity contribution in [2.24, 2.45) is 0 Å². The molecule has 1 unspecified atom stereocenters. The van der Waals surface area contributed by atoms with Gasteiger partial charge in [0.25, 0.3) is 0 Å². The van der Waals surface area contributed by atoms with Gasteiger partial charge >= 0.3 is 0 Å². The zero-order valence-electron chi connectivity index (χ0n) is 11.3. The third kappa shape index (κ3) is 5.69. The van der Waals surface area contributed by atoms with Crippen LogP contribution in [0.15, 0.2) is 29.2 Å². The molecule has 0 saturated heterocycles. The lowest BCUT2D eigenvalue weighted by Crippen LogP contribution is -2.23. The fourth-order valence-corrected chi connectivity index (χ4v) is 2.27. The molecule has 0 aliphatic rings. The van der Waals surface area contributed by atoms with Crippen molar-refractivity contribution < 1.29 is 18.3 Å². The van der Waals surface area contributed by atoms with Crippen molar-refractivity contribution in [1.29, 1.82) is 0 Å². The van der Waals surface area contributed by atoms with Gasteiger partial charge in [-0.15, -0.1) is 0 Å². The highest BCUT2D eigenvalue weighted by Gasteiger charge is 2.08. The maximum Gasteiger partial charge on any atom is 0.175 e. The van der Waals surface area contributed by atoms with Crippen molar-refractivity contribution in [3.8, 4) is 0 Å². The van der Waals surface area contributed by atoms with E-state index in [1.165, 1.54) is 6.26 Å². The molecule has 0 fully saturated rings. The first kappa shape index (κ1) is 16.1. The predicted molar refractivity (Wildman–Crippen MR) is 73.9 cm³/mol. The number of ether oxygens (including phenoxy) is 1. The van der Waals surface area contributed by atoms with Crippen LogP contribution < -0.4 is 5.32 Å². The molecule has 1 aromatic carbocycles. The van der Waals surface area contributed by atoms with Gasteiger partial charge in [-0.1, -0.05) is 12.1 Å². The Bertz CT molecular complexity index is 470. The van der Waals surface area contributed by atoms with Crippen LogP contribution in [0.2, 0.25) is 0 Å². The average Bonchev–Trinajstić information content (AvgIpc) is 2.37. The van der Waals surface area contributed by atoms with E-state index in [0.29, 0.717) is 24.7 Å². The van der Waals surface area contributed by atoms with Gasteiger partial charge in [-0.3, -0.25) is 0 Å². The van der Waals surface area contributed by atoms with Crippen LogP contribution in [0.3, 0.4) is 0 Å². The van der Waals surface area contributed by atoms with Crippen molar-refractivity contribution in [3.63, 3.8) is 0 Å². The largest absolute Gasteiger partial charge is 0.394 e. The van der Waals surface area contributed by atoms with E-state index >= 15 is 0 Å². The van der Waals surface area contributed by atoms with E-state index in [2.05, 4.69) is 5.32 Å². The van der Waals surface area contributed by atoms with E-state index in [-0.39, 0.29) is 12.6 Å². The maximum absolute atomic E-state index is 11.3. The van der Waals surface area contributed by atoms with Gasteiger partial charge in [0.1, 0.15) is 0 Å². The van der Waals surface area contributed by atoms with Gasteiger partial charge in [-0.2, -0.15) is 0 Å². The molecule has 0 spiro atoms. The predicted octanol–water partition coefficient (Wildman–Crippen LogP) is 0.750. The van der Waals surface area contributed by atoms with Crippen LogP contribution in [0.5, 0.6) is 0 Å². The minimum Gasteiger partial charge on any atom is -0.394 e. The van der Waals surface area contributed by atoms with Gasteiger partial charge in [0.15, 0.2) is 9.84 Å². The summed E-state index contributed by atoms with van der Waals surface area (Å²) in [5, 5.41) is 11.8. The zero-order chi connectivity index (χ0) is 14.3. The molecule has 0 saturated carbocycles. The summed E-state index contributed by atoms with van der Waals surface area (Å²) < 4.78 is 27.8. The molecule has 0 aliphatic carbocycles. The van der Waals surface area contributed by atoms with Crippen molar-refractivity contribution in [2.75, 3.05) is 32.6 Å². The van der Waals surface area contributed by atoms with Crippen LogP contribution in [0.1, 0.15) is 18.5 Å². The van der Waals surface area contributed by atoms with Crippen LogP contribution in [-0.4, -0.2) is 46.1 Å². The summed E-state index contributed by atoms with van der Waals surface area (Å²) in [5.74, 6) is 0. The lowest BCUT2D eigenvalue weighted by atomic mass is 10.1. The summed E-state index contributed by atoms with van der Waals surface area (Å²) >= 11 is 0. The van der Waals surface area contributed by atoms with E-state index in [4.69, 9.17) is 9.84 Å². The van der Waals surface area contributed by atoms with Gasteiger partial charge in [0, 0.05) is 18.8 Å². The Hall–Kier alpha value is -0.950. The van der Waals surface area contributed by atoms with Crippen LogP contribution in [0, 0.1) is 0 Å². The number of sulfone groups is 1.